The van der Waals surface area contributed by atoms with E-state index in [1.807, 2.05) is 0 Å². The minimum atomic E-state index is -1.07. The zero-order valence-electron chi connectivity index (χ0n) is 18.3. The maximum atomic E-state index is 12.8. The van der Waals surface area contributed by atoms with Gasteiger partial charge < -0.3 is 25.4 Å². The summed E-state index contributed by atoms with van der Waals surface area (Å²) in [5, 5.41) is 14.2. The number of carbonyl (C=O) groups excluding carboxylic acids is 3. The van der Waals surface area contributed by atoms with Crippen LogP contribution in [0.3, 0.4) is 0 Å². The fourth-order valence-electron chi connectivity index (χ4n) is 3.21. The fourth-order valence-corrected chi connectivity index (χ4v) is 3.21. The SMILES string of the molecule is CC(C)(C)OC(=O)NC(CCC(=O)N1CCCCC1)C(=O)Nc1ccc(C(=O)O)cc1. The molecule has 1 unspecified atom stereocenters. The van der Waals surface area contributed by atoms with Gasteiger partial charge in [0, 0.05) is 25.2 Å². The van der Waals surface area contributed by atoms with Gasteiger partial charge in [0.25, 0.3) is 0 Å². The van der Waals surface area contributed by atoms with Gasteiger partial charge in [-0.2, -0.15) is 0 Å². The van der Waals surface area contributed by atoms with Crippen molar-refractivity contribution in [3.05, 3.63) is 29.8 Å². The number of rotatable bonds is 7. The number of carboxylic acid groups (broad SMARTS) is 1. The molecular weight excluding hydrogens is 402 g/mol. The van der Waals surface area contributed by atoms with Crippen LogP contribution in [0.5, 0.6) is 0 Å². The van der Waals surface area contributed by atoms with Crippen molar-refractivity contribution in [1.29, 1.82) is 0 Å². The van der Waals surface area contributed by atoms with E-state index in [2.05, 4.69) is 10.6 Å². The van der Waals surface area contributed by atoms with Gasteiger partial charge in [-0.25, -0.2) is 9.59 Å². The third kappa shape index (κ3) is 8.27. The summed E-state index contributed by atoms with van der Waals surface area (Å²) in [6, 6.07) is 4.68. The summed E-state index contributed by atoms with van der Waals surface area (Å²) in [4.78, 5) is 50.3. The van der Waals surface area contributed by atoms with E-state index in [4.69, 9.17) is 9.84 Å². The van der Waals surface area contributed by atoms with Crippen molar-refractivity contribution in [3.63, 3.8) is 0 Å². The summed E-state index contributed by atoms with van der Waals surface area (Å²) >= 11 is 0. The van der Waals surface area contributed by atoms with Crippen molar-refractivity contribution >= 4 is 29.6 Å². The molecule has 3 N–H and O–H groups in total. The van der Waals surface area contributed by atoms with Crippen molar-refractivity contribution < 1.29 is 29.0 Å². The standard InChI is InChI=1S/C22H31N3O6/c1-22(2,3)31-21(30)24-17(11-12-18(26)25-13-5-4-6-14-25)19(27)23-16-9-7-15(8-10-16)20(28)29/h7-10,17H,4-6,11-14H2,1-3H3,(H,23,27)(H,24,30)(H,28,29). The lowest BCUT2D eigenvalue weighted by Crippen LogP contribution is -2.46. The molecule has 0 saturated carbocycles. The van der Waals surface area contributed by atoms with Gasteiger partial charge >= 0.3 is 12.1 Å². The van der Waals surface area contributed by atoms with Crippen LogP contribution in [0.15, 0.2) is 24.3 Å². The van der Waals surface area contributed by atoms with E-state index in [-0.39, 0.29) is 24.3 Å². The van der Waals surface area contributed by atoms with E-state index >= 15 is 0 Å². The first kappa shape index (κ1) is 24.2. The van der Waals surface area contributed by atoms with Crippen LogP contribution < -0.4 is 10.6 Å². The number of carboxylic acids is 1. The van der Waals surface area contributed by atoms with Crippen LogP contribution in [0, 0.1) is 0 Å². The highest BCUT2D eigenvalue weighted by atomic mass is 16.6. The van der Waals surface area contributed by atoms with Crippen LogP contribution in [0.25, 0.3) is 0 Å². The van der Waals surface area contributed by atoms with E-state index in [1.54, 1.807) is 25.7 Å². The first-order chi connectivity index (χ1) is 14.5. The largest absolute Gasteiger partial charge is 0.478 e. The zero-order valence-corrected chi connectivity index (χ0v) is 18.3. The number of hydrogen-bond acceptors (Lipinski definition) is 5. The minimum Gasteiger partial charge on any atom is -0.478 e. The van der Waals surface area contributed by atoms with Crippen LogP contribution in [0.2, 0.25) is 0 Å². The lowest BCUT2D eigenvalue weighted by molar-refractivity contribution is -0.132. The maximum Gasteiger partial charge on any atom is 0.408 e. The molecule has 3 amide bonds. The van der Waals surface area contributed by atoms with Crippen molar-refractivity contribution in [2.75, 3.05) is 18.4 Å². The molecule has 1 aliphatic heterocycles. The smallest absolute Gasteiger partial charge is 0.408 e. The monoisotopic (exact) mass is 433 g/mol. The molecule has 0 bridgehead atoms. The number of ether oxygens (including phenoxy) is 1. The van der Waals surface area contributed by atoms with Crippen molar-refractivity contribution in [1.82, 2.24) is 10.2 Å². The molecule has 1 saturated heterocycles. The topological polar surface area (TPSA) is 125 Å². The summed E-state index contributed by atoms with van der Waals surface area (Å²) in [5.74, 6) is -1.63. The predicted molar refractivity (Wildman–Crippen MR) is 115 cm³/mol. The quantitative estimate of drug-likeness (QED) is 0.607. The molecule has 0 aromatic heterocycles. The van der Waals surface area contributed by atoms with Crippen LogP contribution >= 0.6 is 0 Å². The Hall–Kier alpha value is -3.10. The molecule has 0 aliphatic carbocycles. The lowest BCUT2D eigenvalue weighted by atomic mass is 10.1. The molecule has 0 spiro atoms. The number of likely N-dealkylation sites (tertiary alicyclic amines) is 1. The fraction of sp³-hybridized carbons (Fsp3) is 0.545. The Bertz CT molecular complexity index is 794. The van der Waals surface area contributed by atoms with Gasteiger partial charge in [-0.3, -0.25) is 9.59 Å². The van der Waals surface area contributed by atoms with Crippen molar-refractivity contribution in [2.24, 2.45) is 0 Å². The molecule has 170 valence electrons. The molecule has 1 aliphatic rings. The first-order valence-corrected chi connectivity index (χ1v) is 10.5. The van der Waals surface area contributed by atoms with E-state index in [0.717, 1.165) is 19.3 Å². The molecule has 9 nitrogen and oxygen atoms in total. The Morgan fingerprint density at radius 1 is 1.06 bits per heavy atom. The molecule has 1 aromatic rings. The number of carbonyl (C=O) groups is 4. The number of anilines is 1. The normalized spacial score (nSPS) is 15.0. The number of aromatic carboxylic acids is 1. The lowest BCUT2D eigenvalue weighted by Gasteiger charge is -2.28. The van der Waals surface area contributed by atoms with Gasteiger partial charge in [-0.1, -0.05) is 0 Å². The Morgan fingerprint density at radius 3 is 2.23 bits per heavy atom. The summed E-state index contributed by atoms with van der Waals surface area (Å²) in [6.07, 6.45) is 2.53. The third-order valence-corrected chi connectivity index (χ3v) is 4.76. The van der Waals surface area contributed by atoms with Gasteiger partial charge in [0.15, 0.2) is 0 Å². The second kappa shape index (κ2) is 10.8. The number of alkyl carbamates (subject to hydrolysis) is 1. The highest BCUT2D eigenvalue weighted by molar-refractivity contribution is 5.97. The van der Waals surface area contributed by atoms with E-state index in [0.29, 0.717) is 18.8 Å². The number of hydrogen-bond donors (Lipinski definition) is 3. The molecule has 31 heavy (non-hydrogen) atoms. The van der Waals surface area contributed by atoms with Crippen LogP contribution in [0.1, 0.15) is 63.2 Å². The number of amides is 3. The summed E-state index contributed by atoms with van der Waals surface area (Å²) < 4.78 is 5.24. The second-order valence-electron chi connectivity index (χ2n) is 8.55. The van der Waals surface area contributed by atoms with Crippen LogP contribution in [0.4, 0.5) is 10.5 Å². The zero-order chi connectivity index (χ0) is 23.0. The highest BCUT2D eigenvalue weighted by Gasteiger charge is 2.26. The molecule has 9 heteroatoms. The average Bonchev–Trinajstić information content (AvgIpc) is 2.70. The molecule has 1 fully saturated rings. The predicted octanol–water partition coefficient (Wildman–Crippen LogP) is 3.01. The van der Waals surface area contributed by atoms with E-state index in [1.165, 1.54) is 24.3 Å². The number of piperidine rings is 1. The minimum absolute atomic E-state index is 0.0469. The Balaban J connectivity index is 2.03. The van der Waals surface area contributed by atoms with E-state index < -0.39 is 29.6 Å². The van der Waals surface area contributed by atoms with Crippen molar-refractivity contribution in [3.8, 4) is 0 Å². The molecular formula is C22H31N3O6. The number of nitrogens with one attached hydrogen (secondary N) is 2. The number of nitrogens with zero attached hydrogens (tertiary/aromatic N) is 1. The van der Waals surface area contributed by atoms with Gasteiger partial charge in [0.1, 0.15) is 11.6 Å². The van der Waals surface area contributed by atoms with Gasteiger partial charge in [-0.05, 0) is 70.7 Å². The summed E-state index contributed by atoms with van der Waals surface area (Å²) in [6.45, 7) is 6.57. The van der Waals surface area contributed by atoms with Crippen LogP contribution in [-0.4, -0.2) is 58.6 Å². The summed E-state index contributed by atoms with van der Waals surface area (Å²) in [5.41, 5.74) is -0.261. The Labute approximate surface area is 182 Å². The third-order valence-electron chi connectivity index (χ3n) is 4.76. The molecule has 1 heterocycles. The Kier molecular flexibility index (Phi) is 8.41. The molecule has 1 aromatic carbocycles. The Morgan fingerprint density at radius 2 is 1.68 bits per heavy atom. The second-order valence-corrected chi connectivity index (χ2v) is 8.55. The van der Waals surface area contributed by atoms with E-state index in [9.17, 15) is 19.2 Å². The summed E-state index contributed by atoms with van der Waals surface area (Å²) in [7, 11) is 0. The molecule has 1 atom stereocenters. The molecule has 0 radical (unpaired) electrons. The van der Waals surface area contributed by atoms with Crippen molar-refractivity contribution in [2.45, 2.75) is 64.5 Å². The maximum absolute atomic E-state index is 12.8. The van der Waals surface area contributed by atoms with Gasteiger partial charge in [0.2, 0.25) is 11.8 Å². The van der Waals surface area contributed by atoms with Gasteiger partial charge in [0.05, 0.1) is 5.56 Å². The molecule has 2 rings (SSSR count). The number of benzene rings is 1. The van der Waals surface area contributed by atoms with Crippen LogP contribution in [-0.2, 0) is 14.3 Å². The van der Waals surface area contributed by atoms with Gasteiger partial charge in [-0.15, -0.1) is 0 Å². The average molecular weight is 434 g/mol. The first-order valence-electron chi connectivity index (χ1n) is 10.5. The highest BCUT2D eigenvalue weighted by Crippen LogP contribution is 2.14.